The quantitative estimate of drug-likeness (QED) is 0.798. The molecule has 1 N–H and O–H groups in total. The molecule has 0 aromatic heterocycles. The van der Waals surface area contributed by atoms with Crippen molar-refractivity contribution in [1.29, 1.82) is 0 Å². The fourth-order valence-electron chi connectivity index (χ4n) is 2.30. The van der Waals surface area contributed by atoms with Gasteiger partial charge in [0.1, 0.15) is 18.1 Å². The van der Waals surface area contributed by atoms with E-state index in [0.29, 0.717) is 6.61 Å². The van der Waals surface area contributed by atoms with Gasteiger partial charge in [-0.3, -0.25) is 0 Å². The van der Waals surface area contributed by atoms with Gasteiger partial charge in [0.25, 0.3) is 0 Å². The molecule has 0 fully saturated rings. The molecule has 0 amide bonds. The molecule has 0 aliphatic carbocycles. The maximum absolute atomic E-state index is 5.95. The lowest BCUT2D eigenvalue weighted by molar-refractivity contribution is 0.323. The summed E-state index contributed by atoms with van der Waals surface area (Å²) in [5.74, 6) is 1.81. The van der Waals surface area contributed by atoms with E-state index in [2.05, 4.69) is 38.2 Å². The van der Waals surface area contributed by atoms with Gasteiger partial charge >= 0.3 is 0 Å². The van der Waals surface area contributed by atoms with Crippen LogP contribution in [0.3, 0.4) is 0 Å². The first-order chi connectivity index (χ1) is 10.5. The standard InChI is InChI=1S/C19H25NO2/c1-19(2,3)17-10-5-6-11-18(17)22-13-12-20-15-8-7-9-16(14-15)21-4/h5-11,14,20H,12-13H2,1-4H3. The van der Waals surface area contributed by atoms with Gasteiger partial charge in [-0.2, -0.15) is 0 Å². The van der Waals surface area contributed by atoms with E-state index in [1.807, 2.05) is 36.4 Å². The third-order valence-corrected chi connectivity index (χ3v) is 3.45. The van der Waals surface area contributed by atoms with Crippen molar-refractivity contribution < 1.29 is 9.47 Å². The van der Waals surface area contributed by atoms with E-state index in [9.17, 15) is 0 Å². The van der Waals surface area contributed by atoms with Gasteiger partial charge < -0.3 is 14.8 Å². The average molecular weight is 299 g/mol. The highest BCUT2D eigenvalue weighted by atomic mass is 16.5. The number of benzene rings is 2. The molecule has 0 saturated carbocycles. The summed E-state index contributed by atoms with van der Waals surface area (Å²) in [6.45, 7) is 7.95. The largest absolute Gasteiger partial charge is 0.497 e. The second kappa shape index (κ2) is 7.21. The highest BCUT2D eigenvalue weighted by Gasteiger charge is 2.18. The number of ether oxygens (including phenoxy) is 2. The molecule has 0 atom stereocenters. The molecule has 3 heteroatoms. The molecule has 2 aromatic rings. The molecule has 3 nitrogen and oxygen atoms in total. The fraction of sp³-hybridized carbons (Fsp3) is 0.368. The summed E-state index contributed by atoms with van der Waals surface area (Å²) in [7, 11) is 1.67. The van der Waals surface area contributed by atoms with Crippen LogP contribution in [0.1, 0.15) is 26.3 Å². The van der Waals surface area contributed by atoms with Crippen molar-refractivity contribution in [2.75, 3.05) is 25.6 Å². The molecule has 0 spiro atoms. The summed E-state index contributed by atoms with van der Waals surface area (Å²) < 4.78 is 11.2. The number of nitrogens with one attached hydrogen (secondary N) is 1. The number of hydrogen-bond acceptors (Lipinski definition) is 3. The summed E-state index contributed by atoms with van der Waals surface area (Å²) in [6, 6.07) is 16.1. The van der Waals surface area contributed by atoms with E-state index >= 15 is 0 Å². The van der Waals surface area contributed by atoms with Crippen molar-refractivity contribution in [2.24, 2.45) is 0 Å². The van der Waals surface area contributed by atoms with Gasteiger partial charge in [-0.15, -0.1) is 0 Å². The predicted molar refractivity (Wildman–Crippen MR) is 92.1 cm³/mol. The third kappa shape index (κ3) is 4.42. The van der Waals surface area contributed by atoms with Gasteiger partial charge in [-0.25, -0.2) is 0 Å². The lowest BCUT2D eigenvalue weighted by atomic mass is 9.86. The van der Waals surface area contributed by atoms with E-state index in [1.165, 1.54) is 5.56 Å². The maximum atomic E-state index is 5.95. The minimum Gasteiger partial charge on any atom is -0.497 e. The van der Waals surface area contributed by atoms with Gasteiger partial charge in [-0.1, -0.05) is 45.0 Å². The predicted octanol–water partition coefficient (Wildman–Crippen LogP) is 4.48. The Hall–Kier alpha value is -2.16. The highest BCUT2D eigenvalue weighted by molar-refractivity contribution is 5.48. The molecule has 2 rings (SSSR count). The Morgan fingerprint density at radius 1 is 1.00 bits per heavy atom. The SMILES string of the molecule is COc1cccc(NCCOc2ccccc2C(C)(C)C)c1. The van der Waals surface area contributed by atoms with Crippen LogP contribution in [0, 0.1) is 0 Å². The second-order valence-corrected chi connectivity index (χ2v) is 6.25. The number of para-hydroxylation sites is 1. The van der Waals surface area contributed by atoms with Crippen LogP contribution in [0.15, 0.2) is 48.5 Å². The summed E-state index contributed by atoms with van der Waals surface area (Å²) >= 11 is 0. The van der Waals surface area contributed by atoms with Gasteiger partial charge in [-0.05, 0) is 29.2 Å². The first-order valence-electron chi connectivity index (χ1n) is 7.61. The lowest BCUT2D eigenvalue weighted by Crippen LogP contribution is -2.16. The van der Waals surface area contributed by atoms with Crippen molar-refractivity contribution in [3.05, 3.63) is 54.1 Å². The molecule has 0 saturated heterocycles. The molecule has 0 bridgehead atoms. The molecule has 0 aliphatic rings. The van der Waals surface area contributed by atoms with E-state index in [1.54, 1.807) is 7.11 Å². The zero-order valence-electron chi connectivity index (χ0n) is 13.8. The van der Waals surface area contributed by atoms with Crippen LogP contribution in [0.2, 0.25) is 0 Å². The van der Waals surface area contributed by atoms with Crippen molar-refractivity contribution in [3.8, 4) is 11.5 Å². The Labute approximate surface area is 133 Å². The monoisotopic (exact) mass is 299 g/mol. The average Bonchev–Trinajstić information content (AvgIpc) is 2.51. The van der Waals surface area contributed by atoms with E-state index < -0.39 is 0 Å². The topological polar surface area (TPSA) is 30.5 Å². The molecule has 2 aromatic carbocycles. The summed E-state index contributed by atoms with van der Waals surface area (Å²) in [4.78, 5) is 0. The van der Waals surface area contributed by atoms with E-state index in [0.717, 1.165) is 23.7 Å². The minimum atomic E-state index is 0.0802. The molecule has 0 unspecified atom stereocenters. The molecule has 0 aliphatic heterocycles. The third-order valence-electron chi connectivity index (χ3n) is 3.45. The zero-order chi connectivity index (χ0) is 16.0. The molecular weight excluding hydrogens is 274 g/mol. The first-order valence-corrected chi connectivity index (χ1v) is 7.61. The Morgan fingerprint density at radius 3 is 2.50 bits per heavy atom. The molecule has 118 valence electrons. The number of hydrogen-bond donors (Lipinski definition) is 1. The van der Waals surface area contributed by atoms with Gasteiger partial charge in [0.05, 0.1) is 7.11 Å². The van der Waals surface area contributed by atoms with Crippen molar-refractivity contribution in [3.63, 3.8) is 0 Å². The van der Waals surface area contributed by atoms with Crippen LogP contribution < -0.4 is 14.8 Å². The van der Waals surface area contributed by atoms with Crippen LogP contribution >= 0.6 is 0 Å². The van der Waals surface area contributed by atoms with Crippen LogP contribution in [0.25, 0.3) is 0 Å². The number of rotatable bonds is 6. The molecule has 0 radical (unpaired) electrons. The first kappa shape index (κ1) is 16.2. The van der Waals surface area contributed by atoms with Gasteiger partial charge in [0, 0.05) is 18.3 Å². The van der Waals surface area contributed by atoms with Crippen molar-refractivity contribution in [1.82, 2.24) is 0 Å². The van der Waals surface area contributed by atoms with E-state index in [4.69, 9.17) is 9.47 Å². The summed E-state index contributed by atoms with van der Waals surface area (Å²) in [6.07, 6.45) is 0. The second-order valence-electron chi connectivity index (χ2n) is 6.25. The number of methoxy groups -OCH3 is 1. The van der Waals surface area contributed by atoms with Crippen LogP contribution in [-0.2, 0) is 5.41 Å². The Morgan fingerprint density at radius 2 is 1.77 bits per heavy atom. The summed E-state index contributed by atoms with van der Waals surface area (Å²) in [5.41, 5.74) is 2.35. The van der Waals surface area contributed by atoms with Gasteiger partial charge in [0.2, 0.25) is 0 Å². The normalized spacial score (nSPS) is 11.1. The maximum Gasteiger partial charge on any atom is 0.123 e. The minimum absolute atomic E-state index is 0.0802. The Balaban J connectivity index is 1.89. The smallest absolute Gasteiger partial charge is 0.123 e. The van der Waals surface area contributed by atoms with Crippen LogP contribution in [0.4, 0.5) is 5.69 Å². The van der Waals surface area contributed by atoms with Crippen LogP contribution in [-0.4, -0.2) is 20.3 Å². The van der Waals surface area contributed by atoms with Crippen molar-refractivity contribution in [2.45, 2.75) is 26.2 Å². The Kier molecular flexibility index (Phi) is 5.31. The number of anilines is 1. The summed E-state index contributed by atoms with van der Waals surface area (Å²) in [5, 5.41) is 3.34. The van der Waals surface area contributed by atoms with Crippen molar-refractivity contribution >= 4 is 5.69 Å². The van der Waals surface area contributed by atoms with Crippen LogP contribution in [0.5, 0.6) is 11.5 Å². The molecule has 0 heterocycles. The molecule has 22 heavy (non-hydrogen) atoms. The van der Waals surface area contributed by atoms with Gasteiger partial charge in [0.15, 0.2) is 0 Å². The highest BCUT2D eigenvalue weighted by Crippen LogP contribution is 2.30. The van der Waals surface area contributed by atoms with E-state index in [-0.39, 0.29) is 5.41 Å². The fourth-order valence-corrected chi connectivity index (χ4v) is 2.30. The Bertz CT molecular complexity index is 602. The lowest BCUT2D eigenvalue weighted by Gasteiger charge is -2.22. The molecular formula is C19H25NO2. The zero-order valence-corrected chi connectivity index (χ0v) is 13.8.